The van der Waals surface area contributed by atoms with E-state index >= 15 is 0 Å². The molecule has 36 heavy (non-hydrogen) atoms. The third-order valence-electron chi connectivity index (χ3n) is 8.68. The van der Waals surface area contributed by atoms with Crippen LogP contribution in [0.2, 0.25) is 0 Å². The number of likely N-dealkylation sites (tertiary alicyclic amines) is 1. The summed E-state index contributed by atoms with van der Waals surface area (Å²) in [5, 5.41) is 7.89. The Morgan fingerprint density at radius 1 is 1.11 bits per heavy atom. The number of benzene rings is 2. The van der Waals surface area contributed by atoms with Crippen LogP contribution in [0.1, 0.15) is 48.8 Å². The summed E-state index contributed by atoms with van der Waals surface area (Å²) in [6, 6.07) is 17.3. The van der Waals surface area contributed by atoms with Crippen molar-refractivity contribution in [3.63, 3.8) is 0 Å². The lowest BCUT2D eigenvalue weighted by Crippen LogP contribution is -2.73. The molecule has 1 aliphatic carbocycles. The second-order valence-corrected chi connectivity index (χ2v) is 10.9. The van der Waals surface area contributed by atoms with E-state index in [1.54, 1.807) is 7.11 Å². The standard InChI is InChI=1S/C30H38N4O2/c1-21-22(9-8-12-27(21)36-2)20-34(24-13-14-24)28(35)25-15-16-30(23-10-4-3-5-11-23)29(31-19-26(25)32-30)33-17-6-7-18-33/h3-5,8-12,15,24,26,29,31-32H,6-7,13-14,16-20H2,1-2H3. The molecule has 3 atom stereocenters. The van der Waals surface area contributed by atoms with Gasteiger partial charge in [0.05, 0.1) is 24.9 Å². The zero-order chi connectivity index (χ0) is 24.7. The van der Waals surface area contributed by atoms with Crippen LogP contribution in [0.25, 0.3) is 0 Å². The summed E-state index contributed by atoms with van der Waals surface area (Å²) in [5.74, 6) is 1.06. The van der Waals surface area contributed by atoms with Gasteiger partial charge in [-0.1, -0.05) is 48.5 Å². The van der Waals surface area contributed by atoms with Crippen LogP contribution in [0.4, 0.5) is 0 Å². The fraction of sp³-hybridized carbons (Fsp3) is 0.500. The summed E-state index contributed by atoms with van der Waals surface area (Å²) < 4.78 is 5.54. The van der Waals surface area contributed by atoms with E-state index in [0.29, 0.717) is 12.6 Å². The van der Waals surface area contributed by atoms with Gasteiger partial charge in [-0.25, -0.2) is 0 Å². The average molecular weight is 487 g/mol. The van der Waals surface area contributed by atoms with E-state index in [2.05, 4.69) is 69.8 Å². The van der Waals surface area contributed by atoms with Crippen molar-refractivity contribution in [1.82, 2.24) is 20.4 Å². The molecule has 4 aliphatic rings. The number of nitrogens with zero attached hydrogens (tertiary/aromatic N) is 2. The number of nitrogens with one attached hydrogen (secondary N) is 2. The Morgan fingerprint density at radius 3 is 2.61 bits per heavy atom. The molecule has 2 aromatic rings. The fourth-order valence-electron chi connectivity index (χ4n) is 6.54. The largest absolute Gasteiger partial charge is 0.496 e. The van der Waals surface area contributed by atoms with Crippen molar-refractivity contribution >= 4 is 5.91 Å². The molecule has 2 N–H and O–H groups in total. The second kappa shape index (κ2) is 9.66. The SMILES string of the molecule is COc1cccc(CN(C(=O)C2=CCC3(c4ccccc4)NC2CNC3N2CCCC2)C2CC2)c1C. The lowest BCUT2D eigenvalue weighted by molar-refractivity contribution is -0.129. The maximum atomic E-state index is 14.1. The Labute approximate surface area is 214 Å². The van der Waals surface area contributed by atoms with E-state index in [-0.39, 0.29) is 23.7 Å². The lowest BCUT2D eigenvalue weighted by Gasteiger charge is -2.54. The molecule has 3 aliphatic heterocycles. The maximum absolute atomic E-state index is 14.1. The van der Waals surface area contributed by atoms with Gasteiger partial charge in [0.1, 0.15) is 5.75 Å². The van der Waals surface area contributed by atoms with Gasteiger partial charge in [0.15, 0.2) is 0 Å². The quantitative estimate of drug-likeness (QED) is 0.625. The molecular weight excluding hydrogens is 448 g/mol. The summed E-state index contributed by atoms with van der Waals surface area (Å²) in [6.07, 6.45) is 7.98. The number of ether oxygens (including phenoxy) is 1. The van der Waals surface area contributed by atoms with Crippen LogP contribution >= 0.6 is 0 Å². The lowest BCUT2D eigenvalue weighted by atomic mass is 9.75. The van der Waals surface area contributed by atoms with Crippen molar-refractivity contribution in [3.05, 3.63) is 76.9 Å². The van der Waals surface area contributed by atoms with E-state index in [9.17, 15) is 4.79 Å². The molecule has 3 fully saturated rings. The molecule has 6 nitrogen and oxygen atoms in total. The third-order valence-corrected chi connectivity index (χ3v) is 8.68. The predicted octanol–water partition coefficient (Wildman–Crippen LogP) is 3.70. The highest BCUT2D eigenvalue weighted by Gasteiger charge is 2.51. The minimum atomic E-state index is -0.230. The number of hydrogen-bond acceptors (Lipinski definition) is 5. The van der Waals surface area contributed by atoms with Crippen LogP contribution in [0.5, 0.6) is 5.75 Å². The summed E-state index contributed by atoms with van der Waals surface area (Å²) in [5.41, 5.74) is 4.26. The van der Waals surface area contributed by atoms with Crippen LogP contribution < -0.4 is 15.4 Å². The van der Waals surface area contributed by atoms with Gasteiger partial charge in [0.25, 0.3) is 5.91 Å². The van der Waals surface area contributed by atoms with Gasteiger partial charge >= 0.3 is 0 Å². The third kappa shape index (κ3) is 4.15. The molecular formula is C30H38N4O2. The summed E-state index contributed by atoms with van der Waals surface area (Å²) in [6.45, 7) is 5.74. The summed E-state index contributed by atoms with van der Waals surface area (Å²) in [4.78, 5) is 18.8. The number of carbonyl (C=O) groups excluding carboxylic acids is 1. The van der Waals surface area contributed by atoms with Gasteiger partial charge in [0, 0.05) is 24.7 Å². The van der Waals surface area contributed by atoms with Crippen molar-refractivity contribution in [2.75, 3.05) is 26.7 Å². The molecule has 6 rings (SSSR count). The van der Waals surface area contributed by atoms with E-state index in [1.165, 1.54) is 18.4 Å². The van der Waals surface area contributed by atoms with Crippen molar-refractivity contribution in [2.24, 2.45) is 0 Å². The smallest absolute Gasteiger partial charge is 0.251 e. The first-order valence-electron chi connectivity index (χ1n) is 13.5. The van der Waals surface area contributed by atoms with Gasteiger partial charge in [-0.05, 0) is 74.9 Å². The molecule has 2 aromatic carbocycles. The van der Waals surface area contributed by atoms with E-state index in [0.717, 1.165) is 61.3 Å². The average Bonchev–Trinajstić information content (AvgIpc) is 3.61. The summed E-state index contributed by atoms with van der Waals surface area (Å²) >= 11 is 0. The van der Waals surface area contributed by atoms with Crippen molar-refractivity contribution in [3.8, 4) is 5.75 Å². The van der Waals surface area contributed by atoms with E-state index < -0.39 is 0 Å². The Kier molecular flexibility index (Phi) is 6.36. The Bertz CT molecular complexity index is 1140. The van der Waals surface area contributed by atoms with Crippen LogP contribution in [0, 0.1) is 6.92 Å². The molecule has 1 saturated carbocycles. The first kappa shape index (κ1) is 23.7. The minimum absolute atomic E-state index is 0.00188. The van der Waals surface area contributed by atoms with Gasteiger partial charge in [-0.3, -0.25) is 20.3 Å². The Hall–Kier alpha value is -2.67. The number of methoxy groups -OCH3 is 1. The molecule has 0 aromatic heterocycles. The number of amides is 1. The zero-order valence-corrected chi connectivity index (χ0v) is 21.5. The number of carbonyl (C=O) groups is 1. The highest BCUT2D eigenvalue weighted by molar-refractivity contribution is 5.95. The molecule has 0 spiro atoms. The van der Waals surface area contributed by atoms with Gasteiger partial charge < -0.3 is 9.64 Å². The van der Waals surface area contributed by atoms with Gasteiger partial charge in [-0.15, -0.1) is 0 Å². The van der Waals surface area contributed by atoms with Crippen molar-refractivity contribution in [1.29, 1.82) is 0 Å². The fourth-order valence-corrected chi connectivity index (χ4v) is 6.54. The molecule has 6 heteroatoms. The first-order chi connectivity index (χ1) is 17.6. The highest BCUT2D eigenvalue weighted by atomic mass is 16.5. The Balaban J connectivity index is 1.30. The Morgan fingerprint density at radius 2 is 1.89 bits per heavy atom. The molecule has 0 radical (unpaired) electrons. The molecule has 190 valence electrons. The van der Waals surface area contributed by atoms with Crippen LogP contribution in [-0.4, -0.2) is 60.7 Å². The van der Waals surface area contributed by atoms with Crippen LogP contribution in [0.3, 0.4) is 0 Å². The minimum Gasteiger partial charge on any atom is -0.496 e. The van der Waals surface area contributed by atoms with Gasteiger partial charge in [-0.2, -0.15) is 0 Å². The number of rotatable bonds is 7. The second-order valence-electron chi connectivity index (χ2n) is 10.9. The molecule has 3 heterocycles. The van der Waals surface area contributed by atoms with E-state index in [1.807, 2.05) is 12.1 Å². The monoisotopic (exact) mass is 486 g/mol. The maximum Gasteiger partial charge on any atom is 0.251 e. The van der Waals surface area contributed by atoms with Crippen molar-refractivity contribution in [2.45, 2.75) is 69.4 Å². The first-order valence-corrected chi connectivity index (χ1v) is 13.5. The summed E-state index contributed by atoms with van der Waals surface area (Å²) in [7, 11) is 1.71. The molecule has 2 saturated heterocycles. The topological polar surface area (TPSA) is 56.8 Å². The molecule has 3 unspecified atom stereocenters. The zero-order valence-electron chi connectivity index (χ0n) is 21.5. The number of piperazine rings is 1. The van der Waals surface area contributed by atoms with Crippen LogP contribution in [-0.2, 0) is 16.9 Å². The predicted molar refractivity (Wildman–Crippen MR) is 142 cm³/mol. The molecule has 2 bridgehead atoms. The normalized spacial score (nSPS) is 28.0. The van der Waals surface area contributed by atoms with Gasteiger partial charge in [0.2, 0.25) is 0 Å². The molecule has 1 amide bonds. The number of fused-ring (bicyclic) bond motifs is 2. The van der Waals surface area contributed by atoms with Crippen molar-refractivity contribution < 1.29 is 9.53 Å². The number of hydrogen-bond donors (Lipinski definition) is 2. The van der Waals surface area contributed by atoms with Crippen LogP contribution in [0.15, 0.2) is 60.2 Å². The van der Waals surface area contributed by atoms with E-state index in [4.69, 9.17) is 4.74 Å². The highest BCUT2D eigenvalue weighted by Crippen LogP contribution is 2.41.